The van der Waals surface area contributed by atoms with Gasteiger partial charge in [-0.1, -0.05) is 0 Å². The number of aliphatic carboxylic acids is 1. The molecule has 1 fully saturated rings. The number of hydrogen-bond acceptors (Lipinski definition) is 4. The van der Waals surface area contributed by atoms with E-state index in [4.69, 9.17) is 5.11 Å². The Morgan fingerprint density at radius 1 is 1.47 bits per heavy atom. The molecule has 2 heterocycles. The van der Waals surface area contributed by atoms with Gasteiger partial charge in [-0.3, -0.25) is 9.48 Å². The molecule has 1 unspecified atom stereocenters. The number of nitrogens with zero attached hydrogens (tertiary/aromatic N) is 3. The molecular weight excluding hydrogens is 266 g/mol. The average molecular weight is 283 g/mol. The standard InChI is InChI=1S/C12H17N3O3S/c1-7-9(8(2)14(3)13-7)4-11(16)15-6-19-5-10(15)12(17)18/h10H,4-6H2,1-3H3,(H,17,18). The summed E-state index contributed by atoms with van der Waals surface area (Å²) in [6, 6.07) is -0.699. The van der Waals surface area contributed by atoms with Gasteiger partial charge in [0, 0.05) is 24.1 Å². The van der Waals surface area contributed by atoms with Crippen LogP contribution in [0.2, 0.25) is 0 Å². The van der Waals surface area contributed by atoms with Crippen LogP contribution in [-0.4, -0.2) is 49.3 Å². The summed E-state index contributed by atoms with van der Waals surface area (Å²) < 4.78 is 1.74. The number of carbonyl (C=O) groups excluding carboxylic acids is 1. The number of thioether (sulfide) groups is 1. The third-order valence-corrected chi connectivity index (χ3v) is 4.49. The van der Waals surface area contributed by atoms with Crippen LogP contribution in [0.3, 0.4) is 0 Å². The van der Waals surface area contributed by atoms with E-state index in [1.165, 1.54) is 16.7 Å². The Bertz CT molecular complexity index is 527. The topological polar surface area (TPSA) is 75.4 Å². The molecule has 1 aliphatic heterocycles. The molecule has 19 heavy (non-hydrogen) atoms. The highest BCUT2D eigenvalue weighted by molar-refractivity contribution is 7.99. The lowest BCUT2D eigenvalue weighted by atomic mass is 10.1. The monoisotopic (exact) mass is 283 g/mol. The molecule has 0 aliphatic carbocycles. The first-order chi connectivity index (χ1) is 8.91. The van der Waals surface area contributed by atoms with E-state index in [1.807, 2.05) is 20.9 Å². The third kappa shape index (κ3) is 2.60. The summed E-state index contributed by atoms with van der Waals surface area (Å²) in [5.74, 6) is -0.158. The zero-order chi connectivity index (χ0) is 14.2. The first kappa shape index (κ1) is 13.9. The van der Waals surface area contributed by atoms with Crippen LogP contribution >= 0.6 is 11.8 Å². The molecule has 7 heteroatoms. The first-order valence-electron chi connectivity index (χ1n) is 6.01. The second-order valence-corrected chi connectivity index (χ2v) is 5.67. The summed E-state index contributed by atoms with van der Waals surface area (Å²) in [7, 11) is 1.84. The van der Waals surface area contributed by atoms with E-state index < -0.39 is 12.0 Å². The van der Waals surface area contributed by atoms with Crippen molar-refractivity contribution in [2.24, 2.45) is 7.05 Å². The number of amides is 1. The molecule has 1 aromatic rings. The maximum absolute atomic E-state index is 12.3. The molecule has 0 aromatic carbocycles. The van der Waals surface area contributed by atoms with Crippen LogP contribution in [0, 0.1) is 13.8 Å². The van der Waals surface area contributed by atoms with Gasteiger partial charge in [-0.05, 0) is 13.8 Å². The quantitative estimate of drug-likeness (QED) is 0.877. The number of carboxylic acid groups (broad SMARTS) is 1. The molecule has 1 aliphatic rings. The molecule has 0 saturated carbocycles. The van der Waals surface area contributed by atoms with Gasteiger partial charge < -0.3 is 10.0 Å². The lowest BCUT2D eigenvalue weighted by Crippen LogP contribution is -2.42. The highest BCUT2D eigenvalue weighted by atomic mass is 32.2. The Morgan fingerprint density at radius 3 is 2.68 bits per heavy atom. The summed E-state index contributed by atoms with van der Waals surface area (Å²) in [6.07, 6.45) is 0.218. The summed E-state index contributed by atoms with van der Waals surface area (Å²) in [6.45, 7) is 3.78. The van der Waals surface area contributed by atoms with Gasteiger partial charge in [0.2, 0.25) is 5.91 Å². The molecule has 0 bridgehead atoms. The van der Waals surface area contributed by atoms with Gasteiger partial charge in [0.05, 0.1) is 18.0 Å². The average Bonchev–Trinajstić information content (AvgIpc) is 2.90. The van der Waals surface area contributed by atoms with Crippen LogP contribution in [-0.2, 0) is 23.1 Å². The number of hydrogen-bond donors (Lipinski definition) is 1. The fourth-order valence-corrected chi connectivity index (χ4v) is 3.39. The van der Waals surface area contributed by atoms with E-state index in [9.17, 15) is 9.59 Å². The molecule has 1 aromatic heterocycles. The summed E-state index contributed by atoms with van der Waals surface area (Å²) in [4.78, 5) is 24.8. The van der Waals surface area contributed by atoms with Gasteiger partial charge in [0.15, 0.2) is 0 Å². The predicted molar refractivity (Wildman–Crippen MR) is 72.0 cm³/mol. The first-order valence-corrected chi connectivity index (χ1v) is 7.16. The van der Waals surface area contributed by atoms with Gasteiger partial charge >= 0.3 is 5.97 Å². The maximum Gasteiger partial charge on any atom is 0.327 e. The second-order valence-electron chi connectivity index (χ2n) is 4.67. The minimum absolute atomic E-state index is 0.142. The van der Waals surface area contributed by atoms with E-state index in [1.54, 1.807) is 4.68 Å². The van der Waals surface area contributed by atoms with Gasteiger partial charge in [-0.2, -0.15) is 5.10 Å². The third-order valence-electron chi connectivity index (χ3n) is 3.47. The Kier molecular flexibility index (Phi) is 3.84. The minimum Gasteiger partial charge on any atom is -0.480 e. The Balaban J connectivity index is 2.15. The second kappa shape index (κ2) is 5.24. The molecule has 0 spiro atoms. The fourth-order valence-electron chi connectivity index (χ4n) is 2.22. The zero-order valence-electron chi connectivity index (χ0n) is 11.2. The Labute approximate surface area is 115 Å². The van der Waals surface area contributed by atoms with Crippen LogP contribution in [0.4, 0.5) is 0 Å². The zero-order valence-corrected chi connectivity index (χ0v) is 12.0. The van der Waals surface area contributed by atoms with Crippen molar-refractivity contribution in [2.45, 2.75) is 26.3 Å². The maximum atomic E-state index is 12.3. The number of aromatic nitrogens is 2. The molecule has 0 radical (unpaired) electrons. The van der Waals surface area contributed by atoms with Crippen molar-refractivity contribution in [3.05, 3.63) is 17.0 Å². The Hall–Kier alpha value is -1.50. The lowest BCUT2D eigenvalue weighted by Gasteiger charge is -2.20. The van der Waals surface area contributed by atoms with Gasteiger partial charge in [-0.15, -0.1) is 11.8 Å². The van der Waals surface area contributed by atoms with Crippen LogP contribution in [0.5, 0.6) is 0 Å². The van der Waals surface area contributed by atoms with E-state index >= 15 is 0 Å². The van der Waals surface area contributed by atoms with Crippen molar-refractivity contribution in [3.8, 4) is 0 Å². The van der Waals surface area contributed by atoms with Crippen LogP contribution < -0.4 is 0 Å². The predicted octanol–water partition coefficient (Wildman–Crippen LogP) is 0.566. The van der Waals surface area contributed by atoms with Crippen molar-refractivity contribution in [2.75, 3.05) is 11.6 Å². The number of carbonyl (C=O) groups is 2. The highest BCUT2D eigenvalue weighted by Crippen LogP contribution is 2.23. The lowest BCUT2D eigenvalue weighted by molar-refractivity contribution is -0.147. The summed E-state index contributed by atoms with van der Waals surface area (Å²) in [5.41, 5.74) is 2.67. The fraction of sp³-hybridized carbons (Fsp3) is 0.583. The van der Waals surface area contributed by atoms with Crippen LogP contribution in [0.1, 0.15) is 17.0 Å². The van der Waals surface area contributed by atoms with Crippen molar-refractivity contribution < 1.29 is 14.7 Å². The highest BCUT2D eigenvalue weighted by Gasteiger charge is 2.34. The molecule has 2 rings (SSSR count). The van der Waals surface area contributed by atoms with Gasteiger partial charge in [-0.25, -0.2) is 4.79 Å². The molecule has 1 saturated heterocycles. The summed E-state index contributed by atoms with van der Waals surface area (Å²) >= 11 is 1.47. The van der Waals surface area contributed by atoms with E-state index in [0.29, 0.717) is 11.6 Å². The van der Waals surface area contributed by atoms with Crippen molar-refractivity contribution in [1.29, 1.82) is 0 Å². The SMILES string of the molecule is Cc1nn(C)c(C)c1CC(=O)N1CSCC1C(=O)O. The molecule has 1 N–H and O–H groups in total. The molecule has 6 nitrogen and oxygen atoms in total. The van der Waals surface area contributed by atoms with E-state index in [2.05, 4.69) is 5.10 Å². The number of carboxylic acids is 1. The molecule has 1 atom stereocenters. The van der Waals surface area contributed by atoms with Gasteiger partial charge in [0.1, 0.15) is 6.04 Å². The Morgan fingerprint density at radius 2 is 2.16 bits per heavy atom. The molecule has 104 valence electrons. The van der Waals surface area contributed by atoms with Gasteiger partial charge in [0.25, 0.3) is 0 Å². The van der Waals surface area contributed by atoms with Crippen LogP contribution in [0.25, 0.3) is 0 Å². The number of rotatable bonds is 3. The molecular formula is C12H17N3O3S. The summed E-state index contributed by atoms with van der Waals surface area (Å²) in [5, 5.41) is 13.4. The number of aryl methyl sites for hydroxylation is 2. The molecule has 1 amide bonds. The largest absolute Gasteiger partial charge is 0.480 e. The normalized spacial score (nSPS) is 18.9. The van der Waals surface area contributed by atoms with E-state index in [-0.39, 0.29) is 12.3 Å². The van der Waals surface area contributed by atoms with E-state index in [0.717, 1.165) is 17.0 Å². The van der Waals surface area contributed by atoms with Crippen molar-refractivity contribution >= 4 is 23.6 Å². The minimum atomic E-state index is -0.932. The smallest absolute Gasteiger partial charge is 0.327 e. The van der Waals surface area contributed by atoms with Crippen LogP contribution in [0.15, 0.2) is 0 Å². The van der Waals surface area contributed by atoms with Crippen molar-refractivity contribution in [1.82, 2.24) is 14.7 Å². The van der Waals surface area contributed by atoms with Crippen molar-refractivity contribution in [3.63, 3.8) is 0 Å².